The summed E-state index contributed by atoms with van der Waals surface area (Å²) >= 11 is 0. The molecule has 4 rings (SSSR count). The molecular weight excluding hydrogens is 476 g/mol. The number of nitrogens with one attached hydrogen (secondary N) is 1. The number of ether oxygens (including phenoxy) is 1. The Morgan fingerprint density at radius 1 is 1.11 bits per heavy atom. The second-order valence-electron chi connectivity index (χ2n) is 9.53. The van der Waals surface area contributed by atoms with Crippen molar-refractivity contribution in [3.63, 3.8) is 0 Å². The van der Waals surface area contributed by atoms with Gasteiger partial charge in [-0.15, -0.1) is 0 Å². The van der Waals surface area contributed by atoms with Gasteiger partial charge in [0.15, 0.2) is 9.84 Å². The highest BCUT2D eigenvalue weighted by Crippen LogP contribution is 2.32. The highest BCUT2D eigenvalue weighted by molar-refractivity contribution is 7.90. The Balaban J connectivity index is 1.49. The van der Waals surface area contributed by atoms with E-state index in [1.165, 1.54) is 12.3 Å². The number of aromatic nitrogens is 3. The van der Waals surface area contributed by atoms with Crippen LogP contribution in [0.25, 0.3) is 10.9 Å². The van der Waals surface area contributed by atoms with E-state index in [9.17, 15) is 13.2 Å². The van der Waals surface area contributed by atoms with E-state index in [1.807, 2.05) is 36.0 Å². The minimum Gasteiger partial charge on any atom is -0.456 e. The van der Waals surface area contributed by atoms with E-state index in [-0.39, 0.29) is 22.8 Å². The Labute approximate surface area is 211 Å². The number of hydrogen-bond donors (Lipinski definition) is 1. The van der Waals surface area contributed by atoms with Crippen LogP contribution >= 0.6 is 0 Å². The summed E-state index contributed by atoms with van der Waals surface area (Å²) in [5, 5.41) is 7.89. The first-order valence-corrected chi connectivity index (χ1v) is 13.6. The second-order valence-corrected chi connectivity index (χ2v) is 11.5. The summed E-state index contributed by atoms with van der Waals surface area (Å²) in [6.45, 7) is 8.19. The SMILES string of the molecule is CCC(C)(C)n1cc(NC(=O)Cc2ccc(Oc3ccnc4ccc(S(C)(=O)=O)cc34)c(C)c2)cn1. The van der Waals surface area contributed by atoms with Crippen molar-refractivity contribution in [3.8, 4) is 11.5 Å². The van der Waals surface area contributed by atoms with E-state index < -0.39 is 9.84 Å². The quantitative estimate of drug-likeness (QED) is 0.350. The molecule has 0 atom stereocenters. The molecular formula is C27H30N4O4S. The van der Waals surface area contributed by atoms with Gasteiger partial charge in [-0.3, -0.25) is 14.5 Å². The third-order valence-electron chi connectivity index (χ3n) is 6.28. The lowest BCUT2D eigenvalue weighted by Crippen LogP contribution is -2.25. The van der Waals surface area contributed by atoms with E-state index in [0.29, 0.717) is 28.1 Å². The molecule has 8 nitrogen and oxygen atoms in total. The molecule has 2 aromatic heterocycles. The van der Waals surface area contributed by atoms with Crippen LogP contribution in [-0.2, 0) is 26.6 Å². The molecule has 0 radical (unpaired) electrons. The number of pyridine rings is 1. The number of aryl methyl sites for hydroxylation is 1. The van der Waals surface area contributed by atoms with Crippen molar-refractivity contribution in [2.24, 2.45) is 0 Å². The molecule has 0 spiro atoms. The lowest BCUT2D eigenvalue weighted by atomic mass is 10.0. The third kappa shape index (κ3) is 5.57. The average Bonchev–Trinajstić information content (AvgIpc) is 3.29. The summed E-state index contributed by atoms with van der Waals surface area (Å²) in [6, 6.07) is 12.0. The third-order valence-corrected chi connectivity index (χ3v) is 7.39. The van der Waals surface area contributed by atoms with Gasteiger partial charge in [0.25, 0.3) is 0 Å². The van der Waals surface area contributed by atoms with Crippen LogP contribution in [0.2, 0.25) is 0 Å². The number of carbonyl (C=O) groups excluding carboxylic acids is 1. The molecule has 188 valence electrons. The zero-order valence-electron chi connectivity index (χ0n) is 21.1. The number of rotatable bonds is 8. The topological polar surface area (TPSA) is 103 Å². The van der Waals surface area contributed by atoms with Gasteiger partial charge in [0, 0.05) is 24.0 Å². The van der Waals surface area contributed by atoms with Crippen molar-refractivity contribution in [3.05, 3.63) is 72.2 Å². The van der Waals surface area contributed by atoms with E-state index in [1.54, 1.807) is 30.6 Å². The van der Waals surface area contributed by atoms with E-state index in [4.69, 9.17) is 4.74 Å². The average molecular weight is 507 g/mol. The number of hydrogen-bond acceptors (Lipinski definition) is 6. The van der Waals surface area contributed by atoms with Crippen molar-refractivity contribution in [1.29, 1.82) is 0 Å². The fourth-order valence-corrected chi connectivity index (χ4v) is 4.39. The summed E-state index contributed by atoms with van der Waals surface area (Å²) in [4.78, 5) is 17.1. The van der Waals surface area contributed by atoms with Gasteiger partial charge in [-0.05, 0) is 68.7 Å². The number of amides is 1. The predicted molar refractivity (Wildman–Crippen MR) is 140 cm³/mol. The van der Waals surface area contributed by atoms with Crippen LogP contribution in [0.15, 0.2) is 66.0 Å². The van der Waals surface area contributed by atoms with Crippen molar-refractivity contribution in [1.82, 2.24) is 14.8 Å². The van der Waals surface area contributed by atoms with Gasteiger partial charge < -0.3 is 10.1 Å². The minimum atomic E-state index is -3.37. The molecule has 4 aromatic rings. The molecule has 0 aliphatic rings. The van der Waals surface area contributed by atoms with Crippen molar-refractivity contribution in [2.45, 2.75) is 51.0 Å². The van der Waals surface area contributed by atoms with Crippen LogP contribution in [0.3, 0.4) is 0 Å². The van der Waals surface area contributed by atoms with Crippen LogP contribution in [0.1, 0.15) is 38.3 Å². The maximum atomic E-state index is 12.6. The van der Waals surface area contributed by atoms with E-state index in [2.05, 4.69) is 36.2 Å². The fourth-order valence-electron chi connectivity index (χ4n) is 3.75. The molecule has 0 saturated heterocycles. The molecule has 36 heavy (non-hydrogen) atoms. The van der Waals surface area contributed by atoms with E-state index in [0.717, 1.165) is 17.5 Å². The monoisotopic (exact) mass is 506 g/mol. The fraction of sp³-hybridized carbons (Fsp3) is 0.296. The highest BCUT2D eigenvalue weighted by atomic mass is 32.2. The first-order chi connectivity index (χ1) is 17.0. The van der Waals surface area contributed by atoms with Gasteiger partial charge in [-0.2, -0.15) is 5.10 Å². The molecule has 2 heterocycles. The summed E-state index contributed by atoms with van der Waals surface area (Å²) in [7, 11) is -3.37. The normalized spacial score (nSPS) is 12.0. The molecule has 1 amide bonds. The standard InChI is InChI=1S/C27H30N4O4S/c1-6-27(3,4)31-17-20(16-29-31)30-26(32)14-19-7-10-24(18(2)13-19)35-25-11-12-28-23-9-8-21(15-22(23)25)36(5,33)34/h7-13,15-17H,6,14H2,1-5H3,(H,30,32). The number of benzene rings is 2. The summed E-state index contributed by atoms with van der Waals surface area (Å²) in [5.74, 6) is 0.982. The smallest absolute Gasteiger partial charge is 0.228 e. The lowest BCUT2D eigenvalue weighted by Gasteiger charge is -2.23. The number of nitrogens with zero attached hydrogens (tertiary/aromatic N) is 3. The first kappa shape index (κ1) is 25.4. The Kier molecular flexibility index (Phi) is 6.86. The van der Waals surface area contributed by atoms with Gasteiger partial charge in [0.1, 0.15) is 11.5 Å². The van der Waals surface area contributed by atoms with Gasteiger partial charge >= 0.3 is 0 Å². The van der Waals surface area contributed by atoms with Crippen LogP contribution in [0.4, 0.5) is 5.69 Å². The predicted octanol–water partition coefficient (Wildman–Crippen LogP) is 5.26. The van der Waals surface area contributed by atoms with Crippen molar-refractivity contribution >= 4 is 32.3 Å². The van der Waals surface area contributed by atoms with E-state index >= 15 is 0 Å². The van der Waals surface area contributed by atoms with Crippen LogP contribution in [0.5, 0.6) is 11.5 Å². The summed E-state index contributed by atoms with van der Waals surface area (Å²) in [5.41, 5.74) is 2.87. The zero-order valence-corrected chi connectivity index (χ0v) is 21.9. The zero-order chi connectivity index (χ0) is 26.1. The number of fused-ring (bicyclic) bond motifs is 1. The minimum absolute atomic E-state index is 0.123. The van der Waals surface area contributed by atoms with Gasteiger partial charge in [0.2, 0.25) is 5.91 Å². The van der Waals surface area contributed by atoms with Crippen molar-refractivity contribution < 1.29 is 17.9 Å². The maximum absolute atomic E-state index is 12.6. The summed E-state index contributed by atoms with van der Waals surface area (Å²) in [6.07, 6.45) is 7.42. The number of anilines is 1. The Morgan fingerprint density at radius 3 is 2.58 bits per heavy atom. The molecule has 2 aromatic carbocycles. The van der Waals surface area contributed by atoms with Crippen LogP contribution in [0, 0.1) is 6.92 Å². The first-order valence-electron chi connectivity index (χ1n) is 11.7. The molecule has 0 fully saturated rings. The highest BCUT2D eigenvalue weighted by Gasteiger charge is 2.19. The number of carbonyl (C=O) groups is 1. The second kappa shape index (κ2) is 9.73. The van der Waals surface area contributed by atoms with Crippen LogP contribution in [-0.4, -0.2) is 35.3 Å². The van der Waals surface area contributed by atoms with Crippen molar-refractivity contribution in [2.75, 3.05) is 11.6 Å². The lowest BCUT2D eigenvalue weighted by molar-refractivity contribution is -0.115. The molecule has 0 saturated carbocycles. The molecule has 0 unspecified atom stereocenters. The molecule has 1 N–H and O–H groups in total. The molecule has 0 aliphatic heterocycles. The number of sulfone groups is 1. The van der Waals surface area contributed by atoms with Gasteiger partial charge in [-0.25, -0.2) is 8.42 Å². The Morgan fingerprint density at radius 2 is 1.89 bits per heavy atom. The molecule has 9 heteroatoms. The molecule has 0 aliphatic carbocycles. The largest absolute Gasteiger partial charge is 0.456 e. The maximum Gasteiger partial charge on any atom is 0.228 e. The molecule has 0 bridgehead atoms. The van der Waals surface area contributed by atoms with Crippen LogP contribution < -0.4 is 10.1 Å². The van der Waals surface area contributed by atoms with Gasteiger partial charge in [0.05, 0.1) is 34.3 Å². The Hall–Kier alpha value is -3.72. The van der Waals surface area contributed by atoms with Gasteiger partial charge in [-0.1, -0.05) is 19.1 Å². The summed E-state index contributed by atoms with van der Waals surface area (Å²) < 4.78 is 32.0. The Bertz CT molecular complexity index is 1540.